The van der Waals surface area contributed by atoms with Crippen molar-refractivity contribution < 1.29 is 0 Å². The molecule has 148 valence electrons. The summed E-state index contributed by atoms with van der Waals surface area (Å²) in [6, 6.07) is 2.09. The van der Waals surface area contributed by atoms with Gasteiger partial charge in [0.15, 0.2) is 0 Å². The fourth-order valence-corrected chi connectivity index (χ4v) is 4.55. The highest BCUT2D eigenvalue weighted by atomic mass is 15.1. The van der Waals surface area contributed by atoms with E-state index in [-0.39, 0.29) is 10.8 Å². The lowest BCUT2D eigenvalue weighted by atomic mass is 9.72. The second-order valence-corrected chi connectivity index (χ2v) is 10.8. The van der Waals surface area contributed by atoms with E-state index in [1.54, 1.807) is 0 Å². The molecule has 1 saturated carbocycles. The lowest BCUT2D eigenvalue weighted by Crippen LogP contribution is -2.24. The standard InChI is InChI=1S/C24H42N2/c1-22(2,3)19-11-8-9-12-20(14-10-13-19)23(4,5)16-17-24(6,7)21-15-18-25-26-21/h15-20H,8-14H2,1-7H3,(H,25,26). The molecule has 0 aliphatic heterocycles. The molecule has 2 atom stereocenters. The van der Waals surface area contributed by atoms with E-state index in [0.717, 1.165) is 11.8 Å². The van der Waals surface area contributed by atoms with Crippen LogP contribution in [0.5, 0.6) is 0 Å². The van der Waals surface area contributed by atoms with Gasteiger partial charge in [-0.2, -0.15) is 5.10 Å². The minimum Gasteiger partial charge on any atom is -0.282 e. The molecule has 1 heterocycles. The lowest BCUT2D eigenvalue weighted by molar-refractivity contribution is 0.200. The number of hydrogen-bond donors (Lipinski definition) is 1. The minimum absolute atomic E-state index is 0.00358. The van der Waals surface area contributed by atoms with Crippen molar-refractivity contribution in [1.82, 2.24) is 10.2 Å². The van der Waals surface area contributed by atoms with Gasteiger partial charge in [-0.1, -0.05) is 79.9 Å². The van der Waals surface area contributed by atoms with Gasteiger partial charge in [0.25, 0.3) is 0 Å². The van der Waals surface area contributed by atoms with Crippen molar-refractivity contribution in [2.24, 2.45) is 22.7 Å². The fraction of sp³-hybridized carbons (Fsp3) is 0.792. The first-order valence-electron chi connectivity index (χ1n) is 10.7. The third-order valence-corrected chi connectivity index (χ3v) is 6.86. The molecule has 0 saturated heterocycles. The SMILES string of the molecule is CC(C)(C=CC(C)(C)C1CCCCC(C(C)(C)C)CCC1)c1ccn[nH]1. The zero-order valence-electron chi connectivity index (χ0n) is 18.4. The van der Waals surface area contributed by atoms with Crippen LogP contribution in [0.15, 0.2) is 24.4 Å². The third kappa shape index (κ3) is 5.72. The first kappa shape index (κ1) is 21.3. The molecule has 0 radical (unpaired) electrons. The Kier molecular flexibility index (Phi) is 6.80. The molecule has 1 aromatic heterocycles. The quantitative estimate of drug-likeness (QED) is 0.562. The number of nitrogens with one attached hydrogen (secondary N) is 1. The summed E-state index contributed by atoms with van der Waals surface area (Å²) in [4.78, 5) is 0. The molecule has 1 aliphatic carbocycles. The number of rotatable bonds is 4. The smallest absolute Gasteiger partial charge is 0.0490 e. The minimum atomic E-state index is 0.00358. The Bertz CT molecular complexity index is 558. The molecule has 1 aromatic rings. The maximum Gasteiger partial charge on any atom is 0.0490 e. The topological polar surface area (TPSA) is 28.7 Å². The average molecular weight is 359 g/mol. The summed E-state index contributed by atoms with van der Waals surface area (Å²) in [7, 11) is 0. The predicted octanol–water partition coefficient (Wildman–Crippen LogP) is 7.29. The van der Waals surface area contributed by atoms with Crippen LogP contribution >= 0.6 is 0 Å². The van der Waals surface area contributed by atoms with Crippen LogP contribution in [0.1, 0.15) is 99.1 Å². The molecule has 2 heteroatoms. The molecular formula is C24H42N2. The van der Waals surface area contributed by atoms with Crippen molar-refractivity contribution in [1.29, 1.82) is 0 Å². The van der Waals surface area contributed by atoms with Crippen LogP contribution in [-0.2, 0) is 5.41 Å². The summed E-state index contributed by atoms with van der Waals surface area (Å²) in [5.41, 5.74) is 1.90. The van der Waals surface area contributed by atoms with Gasteiger partial charge in [-0.25, -0.2) is 0 Å². The second kappa shape index (κ2) is 8.31. The molecule has 1 fully saturated rings. The first-order chi connectivity index (χ1) is 12.0. The van der Waals surface area contributed by atoms with Crippen LogP contribution in [0.2, 0.25) is 0 Å². The summed E-state index contributed by atoms with van der Waals surface area (Å²) >= 11 is 0. The Hall–Kier alpha value is -1.05. The van der Waals surface area contributed by atoms with E-state index < -0.39 is 0 Å². The van der Waals surface area contributed by atoms with Gasteiger partial charge in [0, 0.05) is 17.3 Å². The van der Waals surface area contributed by atoms with Gasteiger partial charge < -0.3 is 0 Å². The van der Waals surface area contributed by atoms with Gasteiger partial charge >= 0.3 is 0 Å². The van der Waals surface area contributed by atoms with Crippen molar-refractivity contribution in [3.05, 3.63) is 30.1 Å². The van der Waals surface area contributed by atoms with Gasteiger partial charge in [-0.05, 0) is 54.4 Å². The van der Waals surface area contributed by atoms with Crippen LogP contribution in [0.25, 0.3) is 0 Å². The van der Waals surface area contributed by atoms with Gasteiger partial charge in [0.1, 0.15) is 0 Å². The number of H-pyrrole nitrogens is 1. The Morgan fingerprint density at radius 2 is 1.42 bits per heavy atom. The van der Waals surface area contributed by atoms with Crippen LogP contribution < -0.4 is 0 Å². The number of hydrogen-bond acceptors (Lipinski definition) is 1. The molecule has 1 aliphatic rings. The molecule has 26 heavy (non-hydrogen) atoms. The van der Waals surface area contributed by atoms with Crippen molar-refractivity contribution >= 4 is 0 Å². The largest absolute Gasteiger partial charge is 0.282 e. The molecule has 2 rings (SSSR count). The van der Waals surface area contributed by atoms with Crippen LogP contribution in [0.3, 0.4) is 0 Å². The van der Waals surface area contributed by atoms with Crippen molar-refractivity contribution in [2.75, 3.05) is 0 Å². The zero-order chi connectivity index (χ0) is 19.4. The first-order valence-corrected chi connectivity index (χ1v) is 10.7. The summed E-state index contributed by atoms with van der Waals surface area (Å²) < 4.78 is 0. The van der Waals surface area contributed by atoms with Crippen LogP contribution in [0.4, 0.5) is 0 Å². The van der Waals surface area contributed by atoms with E-state index in [2.05, 4.69) is 76.9 Å². The highest BCUT2D eigenvalue weighted by Gasteiger charge is 2.31. The van der Waals surface area contributed by atoms with Crippen LogP contribution in [0, 0.1) is 22.7 Å². The summed E-state index contributed by atoms with van der Waals surface area (Å²) in [6.45, 7) is 16.7. The van der Waals surface area contributed by atoms with E-state index >= 15 is 0 Å². The van der Waals surface area contributed by atoms with E-state index in [1.807, 2.05) is 6.20 Å². The molecule has 0 amide bonds. The predicted molar refractivity (Wildman–Crippen MR) is 113 cm³/mol. The lowest BCUT2D eigenvalue weighted by Gasteiger charge is -2.33. The van der Waals surface area contributed by atoms with E-state index in [0.29, 0.717) is 5.41 Å². The molecule has 1 N–H and O–H groups in total. The molecule has 0 spiro atoms. The Balaban J connectivity index is 2.04. The van der Waals surface area contributed by atoms with Crippen molar-refractivity contribution in [3.8, 4) is 0 Å². The number of aromatic nitrogens is 2. The number of allylic oxidation sites excluding steroid dienone is 2. The Morgan fingerprint density at radius 1 is 0.846 bits per heavy atom. The molecule has 0 aromatic carbocycles. The van der Waals surface area contributed by atoms with E-state index in [1.165, 1.54) is 50.6 Å². The average Bonchev–Trinajstić information content (AvgIpc) is 3.10. The number of aromatic amines is 1. The highest BCUT2D eigenvalue weighted by Crippen LogP contribution is 2.42. The maximum atomic E-state index is 4.12. The van der Waals surface area contributed by atoms with E-state index in [4.69, 9.17) is 0 Å². The fourth-order valence-electron chi connectivity index (χ4n) is 4.55. The van der Waals surface area contributed by atoms with Crippen LogP contribution in [-0.4, -0.2) is 10.2 Å². The maximum absolute atomic E-state index is 4.12. The van der Waals surface area contributed by atoms with Crippen molar-refractivity contribution in [3.63, 3.8) is 0 Å². The van der Waals surface area contributed by atoms with Gasteiger partial charge in [0.05, 0.1) is 0 Å². The summed E-state index contributed by atoms with van der Waals surface area (Å²) in [5, 5.41) is 7.26. The molecule has 2 nitrogen and oxygen atoms in total. The summed E-state index contributed by atoms with van der Waals surface area (Å²) in [5.74, 6) is 1.68. The monoisotopic (exact) mass is 358 g/mol. The van der Waals surface area contributed by atoms with E-state index in [9.17, 15) is 0 Å². The van der Waals surface area contributed by atoms with Gasteiger partial charge in [-0.3, -0.25) is 5.10 Å². The normalized spacial score (nSPS) is 24.3. The number of nitrogens with zero attached hydrogens (tertiary/aromatic N) is 1. The van der Waals surface area contributed by atoms with Crippen molar-refractivity contribution in [2.45, 2.75) is 98.8 Å². The van der Waals surface area contributed by atoms with Gasteiger partial charge in [0.2, 0.25) is 0 Å². The highest BCUT2D eigenvalue weighted by molar-refractivity contribution is 5.21. The molecule has 2 unspecified atom stereocenters. The zero-order valence-corrected chi connectivity index (χ0v) is 18.4. The van der Waals surface area contributed by atoms with Gasteiger partial charge in [-0.15, -0.1) is 0 Å². The molecule has 0 bridgehead atoms. The summed E-state index contributed by atoms with van der Waals surface area (Å²) in [6.07, 6.45) is 16.5. The Labute approximate surface area is 162 Å². The molecular weight excluding hydrogens is 316 g/mol. The third-order valence-electron chi connectivity index (χ3n) is 6.86. The Morgan fingerprint density at radius 3 is 2.00 bits per heavy atom. The second-order valence-electron chi connectivity index (χ2n) is 10.8.